The van der Waals surface area contributed by atoms with E-state index < -0.39 is 11.8 Å². The Morgan fingerprint density at radius 1 is 1.05 bits per heavy atom. The van der Waals surface area contributed by atoms with Gasteiger partial charge in [0.1, 0.15) is 5.82 Å². The summed E-state index contributed by atoms with van der Waals surface area (Å²) >= 11 is 12.0. The molecule has 0 N–H and O–H groups in total. The Kier molecular flexibility index (Phi) is 3.96. The van der Waals surface area contributed by atoms with Crippen molar-refractivity contribution in [3.8, 4) is 0 Å². The van der Waals surface area contributed by atoms with Gasteiger partial charge in [-0.05, 0) is 30.3 Å². The van der Waals surface area contributed by atoms with E-state index in [1.165, 1.54) is 24.3 Å². The lowest BCUT2D eigenvalue weighted by Gasteiger charge is -2.00. The molecule has 1 heterocycles. The minimum atomic E-state index is -0.686. The number of hydrogen-bond donors (Lipinski definition) is 0. The number of ether oxygens (including phenoxy) is 1. The third-order valence-electron chi connectivity index (χ3n) is 3.01. The predicted octanol–water partition coefficient (Wildman–Crippen LogP) is 4.48. The second-order valence-corrected chi connectivity index (χ2v) is 5.27. The summed E-state index contributed by atoms with van der Waals surface area (Å²) in [7, 11) is 0. The standard InChI is InChI=1S/C16H8Cl2FNO2/c17-11-5-2-1-4-9(11)15-20-14(16(21)22-15)8-10-12(18)6-3-7-13(10)19/h1-8H. The third kappa shape index (κ3) is 2.75. The average Bonchev–Trinajstić information content (AvgIpc) is 2.84. The van der Waals surface area contributed by atoms with E-state index >= 15 is 0 Å². The van der Waals surface area contributed by atoms with E-state index in [0.29, 0.717) is 10.6 Å². The zero-order chi connectivity index (χ0) is 15.7. The number of carbonyl (C=O) groups is 1. The van der Waals surface area contributed by atoms with Crippen LogP contribution in [0, 0.1) is 5.82 Å². The van der Waals surface area contributed by atoms with Crippen molar-refractivity contribution < 1.29 is 13.9 Å². The lowest BCUT2D eigenvalue weighted by molar-refractivity contribution is -0.129. The maximum absolute atomic E-state index is 13.8. The molecule has 0 saturated carbocycles. The number of esters is 1. The van der Waals surface area contributed by atoms with E-state index in [9.17, 15) is 9.18 Å². The van der Waals surface area contributed by atoms with Crippen molar-refractivity contribution in [3.05, 3.63) is 75.2 Å². The Bertz CT molecular complexity index is 810. The maximum atomic E-state index is 13.8. The topological polar surface area (TPSA) is 38.7 Å². The Morgan fingerprint density at radius 2 is 1.77 bits per heavy atom. The van der Waals surface area contributed by atoms with Gasteiger partial charge in [-0.1, -0.05) is 41.4 Å². The van der Waals surface area contributed by atoms with Crippen LogP contribution >= 0.6 is 23.2 Å². The Morgan fingerprint density at radius 3 is 2.50 bits per heavy atom. The van der Waals surface area contributed by atoms with Crippen LogP contribution in [0.5, 0.6) is 0 Å². The van der Waals surface area contributed by atoms with Crippen LogP contribution in [0.3, 0.4) is 0 Å². The molecule has 0 bridgehead atoms. The molecule has 2 aromatic rings. The minimum Gasteiger partial charge on any atom is -0.402 e. The van der Waals surface area contributed by atoms with Gasteiger partial charge in [0.2, 0.25) is 5.90 Å². The quantitative estimate of drug-likeness (QED) is 0.599. The molecule has 0 fully saturated rings. The average molecular weight is 336 g/mol. The first-order valence-electron chi connectivity index (χ1n) is 6.28. The molecule has 0 radical (unpaired) electrons. The van der Waals surface area contributed by atoms with Crippen LogP contribution in [-0.2, 0) is 9.53 Å². The smallest absolute Gasteiger partial charge is 0.363 e. The fourth-order valence-electron chi connectivity index (χ4n) is 1.94. The van der Waals surface area contributed by atoms with Gasteiger partial charge in [-0.3, -0.25) is 0 Å². The first-order chi connectivity index (χ1) is 10.6. The van der Waals surface area contributed by atoms with Crippen molar-refractivity contribution >= 4 is 41.1 Å². The predicted molar refractivity (Wildman–Crippen MR) is 83.5 cm³/mol. The molecule has 6 heteroatoms. The number of halogens is 3. The number of hydrogen-bond acceptors (Lipinski definition) is 3. The molecule has 2 aromatic carbocycles. The zero-order valence-electron chi connectivity index (χ0n) is 11.0. The second kappa shape index (κ2) is 5.91. The van der Waals surface area contributed by atoms with Crippen molar-refractivity contribution in [2.45, 2.75) is 0 Å². The zero-order valence-corrected chi connectivity index (χ0v) is 12.5. The third-order valence-corrected chi connectivity index (χ3v) is 3.66. The van der Waals surface area contributed by atoms with Crippen LogP contribution in [0.1, 0.15) is 11.1 Å². The van der Waals surface area contributed by atoms with E-state index in [-0.39, 0.29) is 22.2 Å². The largest absolute Gasteiger partial charge is 0.402 e. The molecule has 1 aliphatic rings. The molecule has 0 unspecified atom stereocenters. The van der Waals surface area contributed by atoms with E-state index in [0.717, 1.165) is 0 Å². The van der Waals surface area contributed by atoms with Crippen LogP contribution in [0.15, 0.2) is 53.2 Å². The van der Waals surface area contributed by atoms with Gasteiger partial charge >= 0.3 is 5.97 Å². The molecule has 0 atom stereocenters. The number of nitrogens with zero attached hydrogens (tertiary/aromatic N) is 1. The van der Waals surface area contributed by atoms with Gasteiger partial charge in [0, 0.05) is 5.56 Å². The highest BCUT2D eigenvalue weighted by Gasteiger charge is 2.26. The Hall–Kier alpha value is -2.17. The monoisotopic (exact) mass is 335 g/mol. The lowest BCUT2D eigenvalue weighted by Crippen LogP contribution is -2.05. The van der Waals surface area contributed by atoms with Crippen LogP contribution in [-0.4, -0.2) is 11.9 Å². The van der Waals surface area contributed by atoms with E-state index in [2.05, 4.69) is 4.99 Å². The van der Waals surface area contributed by atoms with Crippen molar-refractivity contribution in [3.63, 3.8) is 0 Å². The minimum absolute atomic E-state index is 0.0399. The summed E-state index contributed by atoms with van der Waals surface area (Å²) in [5, 5.41) is 0.584. The van der Waals surface area contributed by atoms with Crippen molar-refractivity contribution in [1.29, 1.82) is 0 Å². The van der Waals surface area contributed by atoms with Gasteiger partial charge in [-0.2, -0.15) is 0 Å². The molecule has 0 amide bonds. The van der Waals surface area contributed by atoms with E-state index in [1.807, 2.05) is 0 Å². The summed E-state index contributed by atoms with van der Waals surface area (Å²) in [6.07, 6.45) is 1.25. The van der Waals surface area contributed by atoms with Crippen molar-refractivity contribution in [2.75, 3.05) is 0 Å². The molecule has 0 saturated heterocycles. The number of carbonyl (C=O) groups excluding carboxylic acids is 1. The van der Waals surface area contributed by atoms with E-state index in [1.54, 1.807) is 24.3 Å². The molecule has 0 aromatic heterocycles. The molecule has 3 nitrogen and oxygen atoms in total. The summed E-state index contributed by atoms with van der Waals surface area (Å²) in [5.74, 6) is -1.15. The highest BCUT2D eigenvalue weighted by molar-refractivity contribution is 6.34. The van der Waals surface area contributed by atoms with Gasteiger partial charge in [-0.15, -0.1) is 0 Å². The maximum Gasteiger partial charge on any atom is 0.363 e. The molecule has 3 rings (SSSR count). The first-order valence-corrected chi connectivity index (χ1v) is 7.03. The molecule has 1 aliphatic heterocycles. The van der Waals surface area contributed by atoms with Crippen LogP contribution in [0.25, 0.3) is 6.08 Å². The number of benzene rings is 2. The lowest BCUT2D eigenvalue weighted by atomic mass is 10.2. The van der Waals surface area contributed by atoms with Gasteiger partial charge in [-0.25, -0.2) is 14.2 Å². The normalized spacial score (nSPS) is 15.9. The summed E-state index contributed by atoms with van der Waals surface area (Å²) < 4.78 is 18.9. The highest BCUT2D eigenvalue weighted by atomic mass is 35.5. The number of cyclic esters (lactones) is 1. The molecule has 0 aliphatic carbocycles. The molecular weight excluding hydrogens is 328 g/mol. The van der Waals surface area contributed by atoms with Crippen molar-refractivity contribution in [1.82, 2.24) is 0 Å². The van der Waals surface area contributed by atoms with Gasteiger partial charge in [0.05, 0.1) is 15.6 Å². The van der Waals surface area contributed by atoms with Crippen molar-refractivity contribution in [2.24, 2.45) is 4.99 Å². The number of aliphatic imine (C=N–C) groups is 1. The highest BCUT2D eigenvalue weighted by Crippen LogP contribution is 2.26. The fourth-order valence-corrected chi connectivity index (χ4v) is 2.38. The van der Waals surface area contributed by atoms with Crippen LogP contribution in [0.2, 0.25) is 10.0 Å². The second-order valence-electron chi connectivity index (χ2n) is 4.45. The van der Waals surface area contributed by atoms with Gasteiger partial charge < -0.3 is 4.74 Å². The summed E-state index contributed by atoms with van der Waals surface area (Å²) in [4.78, 5) is 16.0. The Balaban J connectivity index is 2.04. The van der Waals surface area contributed by atoms with Gasteiger partial charge in [0.25, 0.3) is 0 Å². The first kappa shape index (κ1) is 14.8. The summed E-state index contributed by atoms with van der Waals surface area (Å²) in [6, 6.07) is 11.1. The fraction of sp³-hybridized carbons (Fsp3) is 0. The SMILES string of the molecule is O=C1OC(c2ccccc2Cl)=NC1=Cc1c(F)cccc1Cl. The van der Waals surface area contributed by atoms with E-state index in [4.69, 9.17) is 27.9 Å². The summed E-state index contributed by atoms with van der Waals surface area (Å²) in [6.45, 7) is 0. The molecule has 0 spiro atoms. The number of rotatable bonds is 2. The Labute approximate surface area is 135 Å². The van der Waals surface area contributed by atoms with Crippen LogP contribution < -0.4 is 0 Å². The molecular formula is C16H8Cl2FNO2. The molecule has 22 heavy (non-hydrogen) atoms. The molecule has 110 valence electrons. The summed E-state index contributed by atoms with van der Waals surface area (Å²) in [5.41, 5.74) is 0.530. The van der Waals surface area contributed by atoms with Gasteiger partial charge in [0.15, 0.2) is 5.70 Å². The van der Waals surface area contributed by atoms with Crippen LogP contribution in [0.4, 0.5) is 4.39 Å².